The Balaban J connectivity index is 1.31. The largest absolute Gasteiger partial charge is 0.484 e. The summed E-state index contributed by atoms with van der Waals surface area (Å²) in [5, 5.41) is 2.91. The Labute approximate surface area is 191 Å². The number of fused-ring (bicyclic) bond motifs is 1. The number of para-hydroxylation sites is 2. The van der Waals surface area contributed by atoms with E-state index in [2.05, 4.69) is 33.1 Å². The molecule has 0 unspecified atom stereocenters. The molecule has 33 heavy (non-hydrogen) atoms. The van der Waals surface area contributed by atoms with Gasteiger partial charge in [0.2, 0.25) is 5.91 Å². The fourth-order valence-corrected chi connectivity index (χ4v) is 3.42. The highest BCUT2D eigenvalue weighted by molar-refractivity contribution is 5.91. The van der Waals surface area contributed by atoms with Crippen LogP contribution in [0.5, 0.6) is 5.75 Å². The lowest BCUT2D eigenvalue weighted by Crippen LogP contribution is -2.20. The van der Waals surface area contributed by atoms with Crippen molar-refractivity contribution in [3.63, 3.8) is 0 Å². The third-order valence-corrected chi connectivity index (χ3v) is 5.03. The van der Waals surface area contributed by atoms with E-state index in [9.17, 15) is 9.59 Å². The maximum atomic E-state index is 12.2. The number of rotatable bonds is 9. The first kappa shape index (κ1) is 21.8. The normalized spacial score (nSPS) is 11.0. The molecule has 4 rings (SSSR count). The molecule has 0 atom stereocenters. The number of carbonyl (C=O) groups is 2. The Morgan fingerprint density at radius 1 is 1.00 bits per heavy atom. The number of carbonyl (C=O) groups excluding carboxylic acids is 2. The molecule has 0 fully saturated rings. The predicted molar refractivity (Wildman–Crippen MR) is 127 cm³/mol. The molecule has 3 N–H and O–H groups in total. The molecule has 0 saturated carbocycles. The van der Waals surface area contributed by atoms with Crippen LogP contribution in [0.15, 0.2) is 85.2 Å². The molecule has 3 aromatic carbocycles. The van der Waals surface area contributed by atoms with Crippen molar-refractivity contribution in [3.05, 3.63) is 102 Å². The molecule has 0 aliphatic carbocycles. The first-order chi connectivity index (χ1) is 16.1. The van der Waals surface area contributed by atoms with Gasteiger partial charge >= 0.3 is 0 Å². The molecule has 4 aromatic rings. The summed E-state index contributed by atoms with van der Waals surface area (Å²) in [4.78, 5) is 27.4. The first-order valence-corrected chi connectivity index (χ1v) is 10.5. The summed E-state index contributed by atoms with van der Waals surface area (Å²) >= 11 is 0. The fourth-order valence-electron chi connectivity index (χ4n) is 3.42. The van der Waals surface area contributed by atoms with Crippen molar-refractivity contribution < 1.29 is 14.3 Å². The van der Waals surface area contributed by atoms with Crippen LogP contribution in [0.25, 0.3) is 17.1 Å². The summed E-state index contributed by atoms with van der Waals surface area (Å²) in [6, 6.07) is 23.2. The van der Waals surface area contributed by atoms with Crippen molar-refractivity contribution in [2.24, 2.45) is 5.73 Å². The Morgan fingerprint density at radius 3 is 2.61 bits per heavy atom. The third-order valence-electron chi connectivity index (χ3n) is 5.03. The molecule has 1 heterocycles. The lowest BCUT2D eigenvalue weighted by atomic mass is 10.1. The minimum Gasteiger partial charge on any atom is -0.484 e. The molecule has 0 radical (unpaired) electrons. The molecule has 0 aliphatic heterocycles. The van der Waals surface area contributed by atoms with Crippen molar-refractivity contribution in [3.8, 4) is 5.75 Å². The van der Waals surface area contributed by atoms with E-state index in [-0.39, 0.29) is 12.5 Å². The number of ether oxygens (including phenoxy) is 1. The molecule has 0 saturated heterocycles. The van der Waals surface area contributed by atoms with Gasteiger partial charge in [0.15, 0.2) is 6.61 Å². The minimum absolute atomic E-state index is 0.169. The first-order valence-electron chi connectivity index (χ1n) is 10.5. The second kappa shape index (κ2) is 10.3. The number of benzene rings is 3. The highest BCUT2D eigenvalue weighted by Crippen LogP contribution is 2.15. The number of hydrogen-bond acceptors (Lipinski definition) is 4. The van der Waals surface area contributed by atoms with Crippen LogP contribution in [0.2, 0.25) is 0 Å². The van der Waals surface area contributed by atoms with Gasteiger partial charge in [0.25, 0.3) is 5.91 Å². The zero-order chi connectivity index (χ0) is 23.0. The highest BCUT2D eigenvalue weighted by Gasteiger charge is 2.04. The average molecular weight is 441 g/mol. The van der Waals surface area contributed by atoms with Gasteiger partial charge in [0, 0.05) is 19.2 Å². The zero-order valence-corrected chi connectivity index (χ0v) is 18.0. The van der Waals surface area contributed by atoms with Gasteiger partial charge in [-0.1, -0.05) is 48.5 Å². The quantitative estimate of drug-likeness (QED) is 0.390. The fraction of sp³-hybridized carbons (Fsp3) is 0.115. The van der Waals surface area contributed by atoms with E-state index in [0.29, 0.717) is 18.8 Å². The molecule has 1 aromatic heterocycles. The van der Waals surface area contributed by atoms with E-state index >= 15 is 0 Å². The van der Waals surface area contributed by atoms with Gasteiger partial charge in [-0.2, -0.15) is 0 Å². The topological polar surface area (TPSA) is 99.2 Å². The van der Waals surface area contributed by atoms with E-state index < -0.39 is 5.91 Å². The van der Waals surface area contributed by atoms with Crippen molar-refractivity contribution in [1.82, 2.24) is 14.9 Å². The van der Waals surface area contributed by atoms with Crippen LogP contribution < -0.4 is 15.8 Å². The Kier molecular flexibility index (Phi) is 6.80. The molecule has 7 heteroatoms. The molecule has 7 nitrogen and oxygen atoms in total. The molecule has 0 spiro atoms. The van der Waals surface area contributed by atoms with E-state index in [4.69, 9.17) is 10.5 Å². The minimum atomic E-state index is -0.531. The Bertz CT molecular complexity index is 1290. The van der Waals surface area contributed by atoms with Gasteiger partial charge in [-0.05, 0) is 47.0 Å². The highest BCUT2D eigenvalue weighted by atomic mass is 16.5. The van der Waals surface area contributed by atoms with Crippen molar-refractivity contribution in [1.29, 1.82) is 0 Å². The van der Waals surface area contributed by atoms with Gasteiger partial charge in [0.05, 0.1) is 17.4 Å². The van der Waals surface area contributed by atoms with Crippen LogP contribution >= 0.6 is 0 Å². The van der Waals surface area contributed by atoms with Crippen LogP contribution in [0.1, 0.15) is 16.7 Å². The molecule has 166 valence electrons. The molecular weight excluding hydrogens is 416 g/mol. The van der Waals surface area contributed by atoms with Crippen molar-refractivity contribution >= 4 is 28.9 Å². The summed E-state index contributed by atoms with van der Waals surface area (Å²) in [6.45, 7) is 0.973. The number of nitrogens with two attached hydrogens (primary N) is 1. The lowest BCUT2D eigenvalue weighted by molar-refractivity contribution is -0.120. The number of nitrogens with one attached hydrogen (secondary N) is 1. The van der Waals surface area contributed by atoms with Crippen molar-refractivity contribution in [2.45, 2.75) is 13.1 Å². The maximum absolute atomic E-state index is 12.2. The van der Waals surface area contributed by atoms with Crippen LogP contribution in [-0.4, -0.2) is 28.0 Å². The van der Waals surface area contributed by atoms with Gasteiger partial charge in [0.1, 0.15) is 5.75 Å². The van der Waals surface area contributed by atoms with Gasteiger partial charge in [-0.15, -0.1) is 0 Å². The SMILES string of the molecule is NC(=O)COc1ccc(C=CC(=O)NCc2cccc(Cn3cnc4ccccc43)c2)cc1. The lowest BCUT2D eigenvalue weighted by Gasteiger charge is -2.08. The third kappa shape index (κ3) is 6.07. The number of nitrogens with zero attached hydrogens (tertiary/aromatic N) is 2. The number of aromatic nitrogens is 2. The van der Waals surface area contributed by atoms with Crippen LogP contribution in [0, 0.1) is 0 Å². The van der Waals surface area contributed by atoms with E-state index in [0.717, 1.165) is 27.7 Å². The second-order valence-electron chi connectivity index (χ2n) is 7.56. The maximum Gasteiger partial charge on any atom is 0.255 e. The standard InChI is InChI=1S/C26H24N4O3/c27-25(31)17-33-22-11-8-19(9-12-22)10-13-26(32)28-15-20-4-3-5-21(14-20)16-30-18-29-23-6-1-2-7-24(23)30/h1-14,18H,15-17H2,(H2,27,31)(H,28,32). The van der Waals surface area contributed by atoms with E-state index in [1.807, 2.05) is 36.7 Å². The molecule has 0 aliphatic rings. The predicted octanol–water partition coefficient (Wildman–Crippen LogP) is 3.28. The summed E-state index contributed by atoms with van der Waals surface area (Å²) in [5.41, 5.74) is 10.1. The zero-order valence-electron chi connectivity index (χ0n) is 18.0. The monoisotopic (exact) mass is 440 g/mol. The van der Waals surface area contributed by atoms with E-state index in [1.165, 1.54) is 6.08 Å². The van der Waals surface area contributed by atoms with Gasteiger partial charge < -0.3 is 20.4 Å². The van der Waals surface area contributed by atoms with Crippen LogP contribution in [0.4, 0.5) is 0 Å². The molecule has 0 bridgehead atoms. The molecule has 2 amide bonds. The smallest absolute Gasteiger partial charge is 0.255 e. The summed E-state index contributed by atoms with van der Waals surface area (Å²) in [6.07, 6.45) is 5.05. The number of imidazole rings is 1. The summed E-state index contributed by atoms with van der Waals surface area (Å²) < 4.78 is 7.33. The Morgan fingerprint density at radius 2 is 1.79 bits per heavy atom. The summed E-state index contributed by atoms with van der Waals surface area (Å²) in [5.74, 6) is -0.176. The number of primary amides is 1. The van der Waals surface area contributed by atoms with Crippen LogP contribution in [-0.2, 0) is 22.7 Å². The number of hydrogen-bond donors (Lipinski definition) is 2. The average Bonchev–Trinajstić information content (AvgIpc) is 3.24. The second-order valence-corrected chi connectivity index (χ2v) is 7.56. The van der Waals surface area contributed by atoms with Gasteiger partial charge in [-0.25, -0.2) is 4.98 Å². The number of amides is 2. The Hall–Kier alpha value is -4.39. The molecular formula is C26H24N4O3. The van der Waals surface area contributed by atoms with E-state index in [1.54, 1.807) is 30.3 Å². The van der Waals surface area contributed by atoms with Crippen LogP contribution in [0.3, 0.4) is 0 Å². The summed E-state index contributed by atoms with van der Waals surface area (Å²) in [7, 11) is 0. The van der Waals surface area contributed by atoms with Gasteiger partial charge in [-0.3, -0.25) is 9.59 Å². The van der Waals surface area contributed by atoms with Crippen molar-refractivity contribution in [2.75, 3.05) is 6.61 Å².